The van der Waals surface area contributed by atoms with Gasteiger partial charge in [-0.05, 0) is 48.4 Å². The number of carbonyl (C=O) groups excluding carboxylic acids is 1. The van der Waals surface area contributed by atoms with Crippen molar-refractivity contribution in [2.24, 2.45) is 0 Å². The van der Waals surface area contributed by atoms with Crippen LogP contribution in [0, 0.1) is 10.1 Å². The molecule has 2 aromatic heterocycles. The van der Waals surface area contributed by atoms with Gasteiger partial charge >= 0.3 is 0 Å². The molecular formula is C21H17N5O4. The number of anilines is 1. The molecule has 0 spiro atoms. The number of nitrogens with one attached hydrogen (secondary N) is 1. The summed E-state index contributed by atoms with van der Waals surface area (Å²) in [4.78, 5) is 30.9. The van der Waals surface area contributed by atoms with Gasteiger partial charge < -0.3 is 10.5 Å². The molecule has 30 heavy (non-hydrogen) atoms. The van der Waals surface area contributed by atoms with Crippen molar-refractivity contribution < 1.29 is 14.9 Å². The number of fused-ring (bicyclic) bond motifs is 1. The number of imidazole rings is 1. The third kappa shape index (κ3) is 3.95. The Labute approximate surface area is 170 Å². The van der Waals surface area contributed by atoms with Crippen LogP contribution in [0.2, 0.25) is 0 Å². The number of nitro groups is 1. The second-order valence-corrected chi connectivity index (χ2v) is 6.66. The lowest BCUT2D eigenvalue weighted by Crippen LogP contribution is -2.12. The lowest BCUT2D eigenvalue weighted by atomic mass is 10.1. The molecule has 2 heterocycles. The maximum atomic E-state index is 12.2. The Balaban J connectivity index is 1.47. The molecule has 0 radical (unpaired) electrons. The molecule has 4 rings (SSSR count). The maximum Gasteiger partial charge on any atom is 0.271 e. The third-order valence-electron chi connectivity index (χ3n) is 4.62. The number of rotatable bonds is 6. The van der Waals surface area contributed by atoms with Gasteiger partial charge in [-0.1, -0.05) is 6.07 Å². The van der Waals surface area contributed by atoms with Gasteiger partial charge in [-0.25, -0.2) is 4.98 Å². The summed E-state index contributed by atoms with van der Waals surface area (Å²) in [5.74, 6) is 0.133. The molecule has 0 aliphatic heterocycles. The number of nitro benzene ring substituents is 1. The van der Waals surface area contributed by atoms with E-state index >= 15 is 0 Å². The summed E-state index contributed by atoms with van der Waals surface area (Å²) in [6.07, 6.45) is 4.35. The molecule has 0 aliphatic carbocycles. The van der Waals surface area contributed by atoms with Gasteiger partial charge in [-0.2, -0.15) is 4.73 Å². The van der Waals surface area contributed by atoms with E-state index in [1.54, 1.807) is 36.7 Å². The number of amides is 1. The Bertz CT molecular complexity index is 1220. The Kier molecular flexibility index (Phi) is 5.08. The number of carbonyl (C=O) groups is 1. The van der Waals surface area contributed by atoms with Crippen molar-refractivity contribution in [3.05, 3.63) is 82.7 Å². The van der Waals surface area contributed by atoms with Gasteiger partial charge in [0.1, 0.15) is 5.52 Å². The fourth-order valence-electron chi connectivity index (χ4n) is 3.08. The van der Waals surface area contributed by atoms with Gasteiger partial charge in [0.2, 0.25) is 5.91 Å². The molecule has 1 amide bonds. The van der Waals surface area contributed by atoms with E-state index < -0.39 is 4.92 Å². The number of pyridine rings is 1. The van der Waals surface area contributed by atoms with Crippen molar-refractivity contribution in [1.82, 2.24) is 14.7 Å². The van der Waals surface area contributed by atoms with Crippen LogP contribution in [0.25, 0.3) is 22.4 Å². The van der Waals surface area contributed by atoms with E-state index in [1.807, 2.05) is 12.1 Å². The predicted octanol–water partition coefficient (Wildman–Crippen LogP) is 3.82. The number of hydrogen-bond donors (Lipinski definition) is 2. The number of hydrogen-bond acceptors (Lipinski definition) is 6. The van der Waals surface area contributed by atoms with E-state index in [-0.39, 0.29) is 22.9 Å². The SMILES string of the molecule is O=C(CCc1cccnc1)Nc1ccc(-c2nc3ccc([N+](=O)[O-])cc3n2O)cc1. The lowest BCUT2D eigenvalue weighted by molar-refractivity contribution is -0.384. The Morgan fingerprint density at radius 2 is 1.97 bits per heavy atom. The molecule has 2 N–H and O–H groups in total. The Morgan fingerprint density at radius 1 is 1.17 bits per heavy atom. The monoisotopic (exact) mass is 403 g/mol. The molecule has 2 aromatic carbocycles. The standard InChI is InChI=1S/C21H17N5O4/c27-20(10-3-14-2-1-11-22-13-14)23-16-6-4-15(5-7-16)21-24-18-9-8-17(26(29)30)12-19(18)25(21)28/h1-2,4-9,11-13,28H,3,10H2,(H,23,27). The summed E-state index contributed by atoms with van der Waals surface area (Å²) in [5.41, 5.74) is 2.76. The number of aromatic nitrogens is 3. The first-order valence-corrected chi connectivity index (χ1v) is 9.16. The minimum atomic E-state index is -0.530. The molecule has 150 valence electrons. The number of nitrogens with zero attached hydrogens (tertiary/aromatic N) is 4. The van der Waals surface area contributed by atoms with Crippen molar-refractivity contribution in [1.29, 1.82) is 0 Å². The zero-order valence-electron chi connectivity index (χ0n) is 15.7. The minimum Gasteiger partial charge on any atom is -0.426 e. The quantitative estimate of drug-likeness (QED) is 0.287. The zero-order valence-corrected chi connectivity index (χ0v) is 15.7. The van der Waals surface area contributed by atoms with Crippen LogP contribution in [0.3, 0.4) is 0 Å². The lowest BCUT2D eigenvalue weighted by Gasteiger charge is -2.07. The van der Waals surface area contributed by atoms with Crippen molar-refractivity contribution in [3.8, 4) is 11.4 Å². The van der Waals surface area contributed by atoms with Crippen LogP contribution in [0.1, 0.15) is 12.0 Å². The van der Waals surface area contributed by atoms with Crippen LogP contribution < -0.4 is 5.32 Å². The van der Waals surface area contributed by atoms with Crippen molar-refractivity contribution in [2.75, 3.05) is 5.32 Å². The van der Waals surface area contributed by atoms with E-state index in [2.05, 4.69) is 15.3 Å². The predicted molar refractivity (Wildman–Crippen MR) is 110 cm³/mol. The molecule has 0 saturated carbocycles. The van der Waals surface area contributed by atoms with Crippen molar-refractivity contribution >= 4 is 28.3 Å². The van der Waals surface area contributed by atoms with Crippen LogP contribution in [-0.2, 0) is 11.2 Å². The van der Waals surface area contributed by atoms with E-state index in [0.29, 0.717) is 29.6 Å². The van der Waals surface area contributed by atoms with Gasteiger partial charge in [0.15, 0.2) is 5.82 Å². The molecule has 0 fully saturated rings. The molecule has 9 nitrogen and oxygen atoms in total. The normalized spacial score (nSPS) is 10.8. The minimum absolute atomic E-state index is 0.117. The fourth-order valence-corrected chi connectivity index (χ4v) is 3.08. The number of benzene rings is 2. The molecule has 0 saturated heterocycles. The van der Waals surface area contributed by atoms with Gasteiger partial charge in [0.05, 0.1) is 10.4 Å². The van der Waals surface area contributed by atoms with E-state index in [0.717, 1.165) is 10.3 Å². The highest BCUT2D eigenvalue weighted by atomic mass is 16.6. The molecule has 0 atom stereocenters. The topological polar surface area (TPSA) is 123 Å². The number of aryl methyl sites for hydroxylation is 1. The molecule has 9 heteroatoms. The second-order valence-electron chi connectivity index (χ2n) is 6.66. The maximum absolute atomic E-state index is 12.2. The average Bonchev–Trinajstić information content (AvgIpc) is 3.09. The van der Waals surface area contributed by atoms with Gasteiger partial charge in [0.25, 0.3) is 5.69 Å². The Morgan fingerprint density at radius 3 is 2.67 bits per heavy atom. The summed E-state index contributed by atoms with van der Waals surface area (Å²) in [5, 5.41) is 24.2. The third-order valence-corrected chi connectivity index (χ3v) is 4.62. The second kappa shape index (κ2) is 8.00. The molecular weight excluding hydrogens is 386 g/mol. The smallest absolute Gasteiger partial charge is 0.271 e. The van der Waals surface area contributed by atoms with Crippen LogP contribution in [-0.4, -0.2) is 30.7 Å². The molecule has 0 bridgehead atoms. The largest absolute Gasteiger partial charge is 0.426 e. The van der Waals surface area contributed by atoms with Crippen molar-refractivity contribution in [2.45, 2.75) is 12.8 Å². The van der Waals surface area contributed by atoms with Gasteiger partial charge in [-0.3, -0.25) is 19.9 Å². The summed E-state index contributed by atoms with van der Waals surface area (Å²) >= 11 is 0. The zero-order chi connectivity index (χ0) is 21.1. The summed E-state index contributed by atoms with van der Waals surface area (Å²) in [6, 6.07) is 14.7. The first-order chi connectivity index (χ1) is 14.5. The summed E-state index contributed by atoms with van der Waals surface area (Å²) < 4.78 is 0.823. The highest BCUT2D eigenvalue weighted by molar-refractivity contribution is 5.91. The first kappa shape index (κ1) is 19.1. The van der Waals surface area contributed by atoms with E-state index in [1.165, 1.54) is 18.2 Å². The summed E-state index contributed by atoms with van der Waals surface area (Å²) in [7, 11) is 0. The average molecular weight is 403 g/mol. The molecule has 0 aliphatic rings. The van der Waals surface area contributed by atoms with E-state index in [4.69, 9.17) is 0 Å². The Hall–Kier alpha value is -4.27. The van der Waals surface area contributed by atoms with Crippen molar-refractivity contribution in [3.63, 3.8) is 0 Å². The van der Waals surface area contributed by atoms with Crippen LogP contribution >= 0.6 is 0 Å². The van der Waals surface area contributed by atoms with Crippen LogP contribution in [0.15, 0.2) is 67.0 Å². The highest BCUT2D eigenvalue weighted by Crippen LogP contribution is 2.27. The van der Waals surface area contributed by atoms with Crippen LogP contribution in [0.4, 0.5) is 11.4 Å². The van der Waals surface area contributed by atoms with Crippen LogP contribution in [0.5, 0.6) is 0 Å². The number of non-ortho nitro benzene ring substituents is 1. The highest BCUT2D eigenvalue weighted by Gasteiger charge is 2.16. The van der Waals surface area contributed by atoms with Gasteiger partial charge in [0, 0.05) is 42.2 Å². The van der Waals surface area contributed by atoms with Gasteiger partial charge in [-0.15, -0.1) is 0 Å². The van der Waals surface area contributed by atoms with E-state index in [9.17, 15) is 20.1 Å². The fraction of sp³-hybridized carbons (Fsp3) is 0.0952. The molecule has 0 unspecified atom stereocenters. The molecule has 4 aromatic rings. The summed E-state index contributed by atoms with van der Waals surface area (Å²) in [6.45, 7) is 0. The first-order valence-electron chi connectivity index (χ1n) is 9.16.